The Morgan fingerprint density at radius 2 is 1.63 bits per heavy atom. The molecule has 2 heterocycles. The van der Waals surface area contributed by atoms with Gasteiger partial charge >= 0.3 is 17.9 Å². The van der Waals surface area contributed by atoms with Crippen LogP contribution in [-0.4, -0.2) is 56.1 Å². The fourth-order valence-electron chi connectivity index (χ4n) is 5.05. The number of rotatable bonds is 7. The maximum absolute atomic E-state index is 13.7. The summed E-state index contributed by atoms with van der Waals surface area (Å²) in [4.78, 5) is 53.0. The summed E-state index contributed by atoms with van der Waals surface area (Å²) in [7, 11) is 1.30. The normalized spacial score (nSPS) is 18.0. The zero-order chi connectivity index (χ0) is 29.3. The lowest BCUT2D eigenvalue weighted by Gasteiger charge is -2.42. The van der Waals surface area contributed by atoms with Crippen molar-refractivity contribution in [3.05, 3.63) is 65.7 Å². The van der Waals surface area contributed by atoms with Gasteiger partial charge in [-0.05, 0) is 74.0 Å². The number of benzene rings is 3. The molecule has 1 unspecified atom stereocenters. The molecule has 2 aliphatic rings. The van der Waals surface area contributed by atoms with Crippen molar-refractivity contribution in [1.82, 2.24) is 0 Å². The maximum atomic E-state index is 13.7. The summed E-state index contributed by atoms with van der Waals surface area (Å²) in [6.45, 7) is 5.36. The number of fused-ring (bicyclic) bond motifs is 3. The van der Waals surface area contributed by atoms with Crippen molar-refractivity contribution in [2.45, 2.75) is 39.5 Å². The number of ether oxygens (including phenoxy) is 4. The Hall–Kier alpha value is -4.93. The van der Waals surface area contributed by atoms with E-state index in [1.54, 1.807) is 75.4 Å². The van der Waals surface area contributed by atoms with Gasteiger partial charge in [-0.1, -0.05) is 12.1 Å². The van der Waals surface area contributed by atoms with Crippen LogP contribution in [-0.2, 0) is 28.6 Å². The molecular weight excluding hydrogens is 530 g/mol. The predicted octanol–water partition coefficient (Wildman–Crippen LogP) is 4.13. The summed E-state index contributed by atoms with van der Waals surface area (Å²) in [5.74, 6) is -1.64. The minimum Gasteiger partial charge on any atom is -0.465 e. The van der Waals surface area contributed by atoms with E-state index in [9.17, 15) is 19.2 Å². The Balaban J connectivity index is 1.67. The molecule has 2 atom stereocenters. The summed E-state index contributed by atoms with van der Waals surface area (Å²) >= 11 is 0. The smallest absolute Gasteiger partial charge is 0.369 e. The predicted molar refractivity (Wildman–Crippen MR) is 150 cm³/mol. The molecule has 11 heteroatoms. The Morgan fingerprint density at radius 1 is 0.951 bits per heavy atom. The number of carbonyl (C=O) groups is 4. The molecule has 11 nitrogen and oxygen atoms in total. The van der Waals surface area contributed by atoms with Crippen LogP contribution in [0.25, 0.3) is 10.8 Å². The number of methoxy groups -OCH3 is 1. The standard InChI is InChI=1S/C30H29N3O8/c1-5-39-29(36)26-25-22-13-7-19(28(35)38-4)16-18(22)8-14-23(25)41-27(30(37)40-6-2)32(26)20-9-11-21(12-10-20)33-24(34)15-17(3)31-33/h7-14,16,26-27H,5-6,15H2,1-4H3/t26?,27-/m0/s1. The van der Waals surface area contributed by atoms with Crippen LogP contribution in [0.1, 0.15) is 49.2 Å². The molecular formula is C30H29N3O8. The zero-order valence-corrected chi connectivity index (χ0v) is 23.1. The number of carbonyl (C=O) groups excluding carboxylic acids is 4. The highest BCUT2D eigenvalue weighted by molar-refractivity contribution is 6.12. The quantitative estimate of drug-likeness (QED) is 0.310. The van der Waals surface area contributed by atoms with Crippen LogP contribution in [0, 0.1) is 0 Å². The highest BCUT2D eigenvalue weighted by Gasteiger charge is 2.46. The van der Waals surface area contributed by atoms with Crippen molar-refractivity contribution < 1.29 is 38.1 Å². The average Bonchev–Trinajstić information content (AvgIpc) is 3.32. The first-order valence-corrected chi connectivity index (χ1v) is 13.2. The van der Waals surface area contributed by atoms with Crippen LogP contribution in [0.2, 0.25) is 0 Å². The molecule has 0 aromatic heterocycles. The molecule has 41 heavy (non-hydrogen) atoms. The molecule has 3 aromatic rings. The number of nitrogens with zero attached hydrogens (tertiary/aromatic N) is 3. The number of hydrogen-bond acceptors (Lipinski definition) is 10. The molecule has 0 saturated carbocycles. The number of hydrogen-bond donors (Lipinski definition) is 0. The van der Waals surface area contributed by atoms with Crippen LogP contribution in [0.15, 0.2) is 59.7 Å². The Bertz CT molecular complexity index is 1570. The van der Waals surface area contributed by atoms with E-state index in [1.165, 1.54) is 17.0 Å². The lowest BCUT2D eigenvalue weighted by molar-refractivity contribution is -0.154. The van der Waals surface area contributed by atoms with Crippen LogP contribution in [0.5, 0.6) is 5.75 Å². The van der Waals surface area contributed by atoms with Gasteiger partial charge in [0.05, 0.1) is 38.0 Å². The van der Waals surface area contributed by atoms with Gasteiger partial charge < -0.3 is 23.8 Å². The molecule has 2 aliphatic heterocycles. The molecule has 0 fully saturated rings. The molecule has 0 saturated heterocycles. The average molecular weight is 560 g/mol. The summed E-state index contributed by atoms with van der Waals surface area (Å²) in [6.07, 6.45) is -1.08. The van der Waals surface area contributed by atoms with E-state index in [-0.39, 0.29) is 25.5 Å². The van der Waals surface area contributed by atoms with E-state index < -0.39 is 30.2 Å². The molecule has 0 radical (unpaired) electrons. The molecule has 1 amide bonds. The van der Waals surface area contributed by atoms with Crippen LogP contribution >= 0.6 is 0 Å². The van der Waals surface area contributed by atoms with Gasteiger partial charge in [-0.3, -0.25) is 4.79 Å². The van der Waals surface area contributed by atoms with Gasteiger partial charge in [0.1, 0.15) is 5.75 Å². The first kappa shape index (κ1) is 27.6. The number of anilines is 2. The van der Waals surface area contributed by atoms with Gasteiger partial charge in [-0.15, -0.1) is 0 Å². The van der Waals surface area contributed by atoms with E-state index in [4.69, 9.17) is 18.9 Å². The van der Waals surface area contributed by atoms with E-state index in [0.29, 0.717) is 44.7 Å². The number of amides is 1. The second kappa shape index (κ2) is 11.3. The lowest BCUT2D eigenvalue weighted by Crippen LogP contribution is -2.53. The van der Waals surface area contributed by atoms with E-state index >= 15 is 0 Å². The number of hydrazone groups is 1. The maximum Gasteiger partial charge on any atom is 0.369 e. The van der Waals surface area contributed by atoms with Gasteiger partial charge in [0.2, 0.25) is 0 Å². The third-order valence-corrected chi connectivity index (χ3v) is 6.79. The highest BCUT2D eigenvalue weighted by atomic mass is 16.6. The fourth-order valence-corrected chi connectivity index (χ4v) is 5.05. The van der Waals surface area contributed by atoms with E-state index in [2.05, 4.69) is 5.10 Å². The van der Waals surface area contributed by atoms with Crippen molar-refractivity contribution in [3.63, 3.8) is 0 Å². The van der Waals surface area contributed by atoms with Gasteiger partial charge in [-0.2, -0.15) is 5.10 Å². The molecule has 212 valence electrons. The number of esters is 3. The molecule has 0 aliphatic carbocycles. The summed E-state index contributed by atoms with van der Waals surface area (Å²) < 4.78 is 21.9. The van der Waals surface area contributed by atoms with Crippen LogP contribution < -0.4 is 14.6 Å². The molecule has 0 spiro atoms. The third kappa shape index (κ3) is 5.06. The lowest BCUT2D eigenvalue weighted by atomic mass is 9.93. The molecule has 0 bridgehead atoms. The van der Waals surface area contributed by atoms with Gasteiger partial charge in [-0.25, -0.2) is 19.4 Å². The second-order valence-corrected chi connectivity index (χ2v) is 9.42. The van der Waals surface area contributed by atoms with Gasteiger partial charge in [0, 0.05) is 17.0 Å². The molecule has 5 rings (SSSR count). The summed E-state index contributed by atoms with van der Waals surface area (Å²) in [5, 5.41) is 6.90. The van der Waals surface area contributed by atoms with Crippen molar-refractivity contribution in [2.24, 2.45) is 5.10 Å². The second-order valence-electron chi connectivity index (χ2n) is 9.42. The largest absolute Gasteiger partial charge is 0.465 e. The van der Waals surface area contributed by atoms with Gasteiger partial charge in [0.15, 0.2) is 6.04 Å². The van der Waals surface area contributed by atoms with Crippen LogP contribution in [0.3, 0.4) is 0 Å². The fraction of sp³-hybridized carbons (Fsp3) is 0.300. The summed E-state index contributed by atoms with van der Waals surface area (Å²) in [6, 6.07) is 14.0. The van der Waals surface area contributed by atoms with Crippen molar-refractivity contribution in [2.75, 3.05) is 30.2 Å². The van der Waals surface area contributed by atoms with Crippen molar-refractivity contribution in [3.8, 4) is 5.75 Å². The first-order valence-electron chi connectivity index (χ1n) is 13.2. The van der Waals surface area contributed by atoms with Crippen molar-refractivity contribution in [1.29, 1.82) is 0 Å². The summed E-state index contributed by atoms with van der Waals surface area (Å²) in [5.41, 5.74) is 2.50. The SMILES string of the molecule is CCOC(=O)C1c2c(ccc3cc(C(=O)OC)ccc23)O[C@@H](C(=O)OCC)N1c1ccc(N2N=C(C)CC2=O)cc1. The van der Waals surface area contributed by atoms with E-state index in [1.807, 2.05) is 0 Å². The Kier molecular flexibility index (Phi) is 7.60. The van der Waals surface area contributed by atoms with E-state index in [0.717, 1.165) is 0 Å². The molecule has 0 N–H and O–H groups in total. The van der Waals surface area contributed by atoms with Crippen molar-refractivity contribution >= 4 is 51.7 Å². The Morgan fingerprint density at radius 3 is 2.27 bits per heavy atom. The van der Waals surface area contributed by atoms with Crippen LogP contribution in [0.4, 0.5) is 11.4 Å². The minimum atomic E-state index is -1.32. The monoisotopic (exact) mass is 559 g/mol. The topological polar surface area (TPSA) is 124 Å². The highest BCUT2D eigenvalue weighted by Crippen LogP contribution is 2.45. The zero-order valence-electron chi connectivity index (χ0n) is 23.1. The molecule has 3 aromatic carbocycles. The minimum absolute atomic E-state index is 0.102. The Labute approximate surface area is 236 Å². The third-order valence-electron chi connectivity index (χ3n) is 6.79. The van der Waals surface area contributed by atoms with Gasteiger partial charge in [0.25, 0.3) is 12.1 Å². The first-order chi connectivity index (χ1) is 19.8.